The molecule has 0 N–H and O–H groups in total. The second-order valence-electron chi connectivity index (χ2n) is 5.95. The Hall–Kier alpha value is -2.13. The molecule has 23 heavy (non-hydrogen) atoms. The number of benzene rings is 5. The second kappa shape index (κ2) is 4.93. The van der Waals surface area contributed by atoms with Gasteiger partial charge in [0.05, 0.1) is 0 Å². The Labute approximate surface area is 147 Å². The first kappa shape index (κ1) is 13.3. The third kappa shape index (κ3) is 1.89. The third-order valence-corrected chi connectivity index (χ3v) is 5.87. The van der Waals surface area contributed by atoms with Gasteiger partial charge in [-0.25, -0.2) is 0 Å². The Morgan fingerprint density at radius 2 is 0.913 bits per heavy atom. The normalized spacial score (nSPS) is 11.7. The number of halogens is 1. The summed E-state index contributed by atoms with van der Waals surface area (Å²) in [6.07, 6.45) is 0. The molecule has 0 bridgehead atoms. The molecule has 5 aromatic carbocycles. The lowest BCUT2D eigenvalue weighted by Gasteiger charge is -2.11. The van der Waals surface area contributed by atoms with E-state index in [9.17, 15) is 0 Å². The van der Waals surface area contributed by atoms with Crippen LogP contribution >= 0.6 is 22.6 Å². The van der Waals surface area contributed by atoms with E-state index in [2.05, 4.69) is 101 Å². The lowest BCUT2D eigenvalue weighted by molar-refractivity contribution is 1.76. The van der Waals surface area contributed by atoms with E-state index < -0.39 is 0 Å². The summed E-state index contributed by atoms with van der Waals surface area (Å²) < 4.78 is 1.34. The van der Waals surface area contributed by atoms with E-state index in [0.29, 0.717) is 0 Å². The van der Waals surface area contributed by atoms with E-state index in [4.69, 9.17) is 0 Å². The van der Waals surface area contributed by atoms with E-state index in [1.807, 2.05) is 0 Å². The zero-order chi connectivity index (χ0) is 15.4. The zero-order valence-electron chi connectivity index (χ0n) is 12.4. The molecule has 0 fully saturated rings. The Morgan fingerprint density at radius 3 is 1.43 bits per heavy atom. The minimum Gasteiger partial charge on any atom is -0.0616 e. The van der Waals surface area contributed by atoms with Crippen LogP contribution in [-0.4, -0.2) is 0 Å². The van der Waals surface area contributed by atoms with Crippen molar-refractivity contribution < 1.29 is 0 Å². The maximum absolute atomic E-state index is 2.50. The molecule has 0 unspecified atom stereocenters. The summed E-state index contributed by atoms with van der Waals surface area (Å²) in [5.41, 5.74) is 0. The number of hydrogen-bond acceptors (Lipinski definition) is 0. The summed E-state index contributed by atoms with van der Waals surface area (Å²) in [5.74, 6) is 0. The fraction of sp³-hybridized carbons (Fsp3) is 0. The molecule has 108 valence electrons. The minimum atomic E-state index is 1.30. The van der Waals surface area contributed by atoms with Crippen molar-refractivity contribution in [1.29, 1.82) is 0 Å². The predicted octanol–water partition coefficient (Wildman–Crippen LogP) is 6.90. The average molecular weight is 404 g/mol. The largest absolute Gasteiger partial charge is 0.0616 e. The van der Waals surface area contributed by atoms with Crippen LogP contribution in [0.2, 0.25) is 0 Å². The van der Waals surface area contributed by atoms with Gasteiger partial charge in [-0.2, -0.15) is 0 Å². The van der Waals surface area contributed by atoms with Crippen molar-refractivity contribution in [2.45, 2.75) is 0 Å². The minimum absolute atomic E-state index is 1.30. The summed E-state index contributed by atoms with van der Waals surface area (Å²) in [4.78, 5) is 0. The van der Waals surface area contributed by atoms with Crippen molar-refractivity contribution in [1.82, 2.24) is 0 Å². The van der Waals surface area contributed by atoms with Gasteiger partial charge in [0, 0.05) is 3.57 Å². The van der Waals surface area contributed by atoms with E-state index in [1.165, 1.54) is 46.7 Å². The van der Waals surface area contributed by atoms with Crippen LogP contribution in [0.5, 0.6) is 0 Å². The van der Waals surface area contributed by atoms with Crippen molar-refractivity contribution in [3.8, 4) is 0 Å². The van der Waals surface area contributed by atoms with Crippen molar-refractivity contribution in [3.63, 3.8) is 0 Å². The predicted molar refractivity (Wildman–Crippen MR) is 109 cm³/mol. The zero-order valence-corrected chi connectivity index (χ0v) is 14.5. The van der Waals surface area contributed by atoms with E-state index >= 15 is 0 Å². The van der Waals surface area contributed by atoms with Crippen molar-refractivity contribution in [3.05, 3.63) is 82.4 Å². The summed E-state index contributed by atoms with van der Waals surface area (Å²) in [5, 5.41) is 10.6. The second-order valence-corrected chi connectivity index (χ2v) is 7.03. The molecule has 5 aromatic rings. The quantitative estimate of drug-likeness (QED) is 0.150. The highest BCUT2D eigenvalue weighted by atomic mass is 127. The molecule has 0 spiro atoms. The van der Waals surface area contributed by atoms with Gasteiger partial charge < -0.3 is 0 Å². The Kier molecular flexibility index (Phi) is 2.86. The third-order valence-electron chi connectivity index (χ3n) is 4.70. The van der Waals surface area contributed by atoms with Gasteiger partial charge >= 0.3 is 0 Å². The molecule has 0 nitrogen and oxygen atoms in total. The highest BCUT2D eigenvalue weighted by Gasteiger charge is 2.10. The first-order chi connectivity index (χ1) is 11.3. The standard InChI is InChI=1S/C22H13I/c23-22-18-11-9-14-5-1-3-7-16(14)20(18)13-21-17-8-4-2-6-15(17)10-12-19(21)22/h1-13H. The number of rotatable bonds is 0. The van der Waals surface area contributed by atoms with Crippen LogP contribution in [0.1, 0.15) is 0 Å². The first-order valence-electron chi connectivity index (χ1n) is 7.74. The van der Waals surface area contributed by atoms with Crippen molar-refractivity contribution in [2.75, 3.05) is 0 Å². The van der Waals surface area contributed by atoms with Crippen LogP contribution in [0.3, 0.4) is 0 Å². The molecular formula is C22H13I. The van der Waals surface area contributed by atoms with Gasteiger partial charge in [-0.3, -0.25) is 0 Å². The van der Waals surface area contributed by atoms with Gasteiger partial charge in [0.15, 0.2) is 0 Å². The molecule has 0 aromatic heterocycles. The van der Waals surface area contributed by atoms with Crippen LogP contribution in [0.25, 0.3) is 43.1 Å². The van der Waals surface area contributed by atoms with Gasteiger partial charge in [-0.1, -0.05) is 72.8 Å². The monoisotopic (exact) mass is 404 g/mol. The summed E-state index contributed by atoms with van der Waals surface area (Å²) in [7, 11) is 0. The lowest BCUT2D eigenvalue weighted by Crippen LogP contribution is -1.86. The molecule has 0 heterocycles. The highest BCUT2D eigenvalue weighted by molar-refractivity contribution is 14.1. The Morgan fingerprint density at radius 1 is 0.435 bits per heavy atom. The average Bonchev–Trinajstić information content (AvgIpc) is 2.61. The highest BCUT2D eigenvalue weighted by Crippen LogP contribution is 2.36. The van der Waals surface area contributed by atoms with E-state index in [1.54, 1.807) is 0 Å². The molecule has 0 radical (unpaired) electrons. The number of hydrogen-bond donors (Lipinski definition) is 0. The maximum atomic E-state index is 2.50. The summed E-state index contributed by atoms with van der Waals surface area (Å²) in [6, 6.07) is 28.6. The van der Waals surface area contributed by atoms with Crippen LogP contribution < -0.4 is 0 Å². The smallest absolute Gasteiger partial charge is 0.0287 e. The molecular weight excluding hydrogens is 391 g/mol. The Bertz CT molecular complexity index is 1120. The van der Waals surface area contributed by atoms with E-state index in [-0.39, 0.29) is 0 Å². The van der Waals surface area contributed by atoms with E-state index in [0.717, 1.165) is 0 Å². The molecule has 5 rings (SSSR count). The van der Waals surface area contributed by atoms with Crippen LogP contribution in [-0.2, 0) is 0 Å². The molecule has 1 heteroatoms. The molecule has 0 saturated carbocycles. The fourth-order valence-corrected chi connectivity index (χ4v) is 4.52. The molecule has 0 saturated heterocycles. The molecule has 0 aliphatic carbocycles. The maximum Gasteiger partial charge on any atom is 0.0287 e. The molecule has 0 aliphatic heterocycles. The van der Waals surface area contributed by atoms with Crippen molar-refractivity contribution in [2.24, 2.45) is 0 Å². The molecule has 0 atom stereocenters. The van der Waals surface area contributed by atoms with Gasteiger partial charge in [-0.15, -0.1) is 0 Å². The molecule has 0 amide bonds. The topological polar surface area (TPSA) is 0 Å². The summed E-state index contributed by atoms with van der Waals surface area (Å²) in [6.45, 7) is 0. The van der Waals surface area contributed by atoms with Gasteiger partial charge in [-0.05, 0) is 71.7 Å². The fourth-order valence-electron chi connectivity index (χ4n) is 3.57. The van der Waals surface area contributed by atoms with Gasteiger partial charge in [0.1, 0.15) is 0 Å². The Balaban J connectivity index is 2.10. The van der Waals surface area contributed by atoms with Crippen LogP contribution in [0, 0.1) is 3.57 Å². The SMILES string of the molecule is Ic1c2ccc3ccccc3c2cc2c1ccc1ccccc12. The lowest BCUT2D eigenvalue weighted by atomic mass is 9.95. The number of fused-ring (bicyclic) bond motifs is 6. The van der Waals surface area contributed by atoms with Crippen LogP contribution in [0.4, 0.5) is 0 Å². The molecule has 0 aliphatic rings. The first-order valence-corrected chi connectivity index (χ1v) is 8.82. The summed E-state index contributed by atoms with van der Waals surface area (Å²) >= 11 is 2.50. The van der Waals surface area contributed by atoms with Gasteiger partial charge in [0.25, 0.3) is 0 Å². The van der Waals surface area contributed by atoms with Crippen LogP contribution in [0.15, 0.2) is 78.9 Å². The van der Waals surface area contributed by atoms with Crippen molar-refractivity contribution >= 4 is 65.7 Å². The van der Waals surface area contributed by atoms with Gasteiger partial charge in [0.2, 0.25) is 0 Å².